The zero-order valence-electron chi connectivity index (χ0n) is 8.11. The Kier molecular flexibility index (Phi) is 3.11. The molecule has 1 aromatic rings. The smallest absolute Gasteiger partial charge is 0.321 e. The molecule has 2 rings (SSSR count). The minimum Gasteiger partial charge on any atom is -0.480 e. The van der Waals surface area contributed by atoms with Gasteiger partial charge in [-0.3, -0.25) is 10.1 Å². The van der Waals surface area contributed by atoms with Crippen LogP contribution in [0.5, 0.6) is 0 Å². The fourth-order valence-electron chi connectivity index (χ4n) is 1.54. The van der Waals surface area contributed by atoms with Crippen molar-refractivity contribution in [3.8, 4) is 0 Å². The van der Waals surface area contributed by atoms with Crippen LogP contribution in [0, 0.1) is 11.6 Å². The third kappa shape index (κ3) is 2.03. The molecule has 0 amide bonds. The van der Waals surface area contributed by atoms with Gasteiger partial charge in [-0.05, 0) is 12.1 Å². The van der Waals surface area contributed by atoms with Crippen molar-refractivity contribution in [3.05, 3.63) is 35.4 Å². The van der Waals surface area contributed by atoms with Crippen LogP contribution >= 0.6 is 11.8 Å². The lowest BCUT2D eigenvalue weighted by molar-refractivity contribution is -0.138. The van der Waals surface area contributed by atoms with E-state index < -0.39 is 29.0 Å². The van der Waals surface area contributed by atoms with Crippen LogP contribution in [0.15, 0.2) is 18.2 Å². The number of carbonyl (C=O) groups is 1. The summed E-state index contributed by atoms with van der Waals surface area (Å²) in [6, 6.07) is 2.85. The number of thioether (sulfide) groups is 1. The Morgan fingerprint density at radius 3 is 2.56 bits per heavy atom. The first kappa shape index (κ1) is 11.3. The van der Waals surface area contributed by atoms with Gasteiger partial charge in [0.15, 0.2) is 0 Å². The molecule has 6 heteroatoms. The Morgan fingerprint density at radius 2 is 2.06 bits per heavy atom. The molecule has 2 atom stereocenters. The summed E-state index contributed by atoms with van der Waals surface area (Å²) in [5, 5.41) is 10.8. The Balaban J connectivity index is 2.24. The van der Waals surface area contributed by atoms with E-state index >= 15 is 0 Å². The van der Waals surface area contributed by atoms with Gasteiger partial charge >= 0.3 is 5.97 Å². The maximum absolute atomic E-state index is 13.4. The van der Waals surface area contributed by atoms with Crippen molar-refractivity contribution in [2.75, 3.05) is 5.75 Å². The summed E-state index contributed by atoms with van der Waals surface area (Å²) in [4.78, 5) is 10.7. The van der Waals surface area contributed by atoms with Crippen LogP contribution in [0.4, 0.5) is 8.78 Å². The molecule has 86 valence electrons. The normalized spacial score (nSPS) is 24.6. The zero-order valence-corrected chi connectivity index (χ0v) is 8.93. The lowest BCUT2D eigenvalue weighted by Gasteiger charge is -2.12. The number of carboxylic acids is 1. The van der Waals surface area contributed by atoms with Gasteiger partial charge in [-0.1, -0.05) is 6.07 Å². The number of halogens is 2. The van der Waals surface area contributed by atoms with Crippen molar-refractivity contribution in [3.63, 3.8) is 0 Å². The van der Waals surface area contributed by atoms with Crippen molar-refractivity contribution in [2.24, 2.45) is 0 Å². The van der Waals surface area contributed by atoms with Gasteiger partial charge < -0.3 is 5.11 Å². The highest BCUT2D eigenvalue weighted by atomic mass is 32.2. The van der Waals surface area contributed by atoms with Crippen molar-refractivity contribution in [1.82, 2.24) is 5.32 Å². The van der Waals surface area contributed by atoms with E-state index in [4.69, 9.17) is 5.11 Å². The van der Waals surface area contributed by atoms with Crippen LogP contribution in [-0.4, -0.2) is 22.9 Å². The highest BCUT2D eigenvalue weighted by Gasteiger charge is 2.33. The summed E-state index contributed by atoms with van der Waals surface area (Å²) >= 11 is 1.19. The molecular weight excluding hydrogens is 236 g/mol. The molecule has 0 aliphatic carbocycles. The average molecular weight is 245 g/mol. The minimum atomic E-state index is -1.01. The van der Waals surface area contributed by atoms with Gasteiger partial charge in [0.2, 0.25) is 0 Å². The van der Waals surface area contributed by atoms with Crippen LogP contribution in [0.1, 0.15) is 10.9 Å². The van der Waals surface area contributed by atoms with Gasteiger partial charge in [-0.15, -0.1) is 11.8 Å². The van der Waals surface area contributed by atoms with E-state index in [9.17, 15) is 13.6 Å². The predicted octanol–water partition coefficient (Wildman–Crippen LogP) is 1.75. The molecule has 1 aromatic carbocycles. The first-order chi connectivity index (χ1) is 7.59. The number of aliphatic carboxylic acids is 1. The summed E-state index contributed by atoms with van der Waals surface area (Å²) in [5.74, 6) is -2.02. The van der Waals surface area contributed by atoms with E-state index in [2.05, 4.69) is 5.32 Å². The number of benzene rings is 1. The van der Waals surface area contributed by atoms with Crippen LogP contribution in [0.3, 0.4) is 0 Å². The van der Waals surface area contributed by atoms with Crippen molar-refractivity contribution < 1.29 is 18.7 Å². The second kappa shape index (κ2) is 4.39. The molecule has 1 fully saturated rings. The molecule has 16 heavy (non-hydrogen) atoms. The third-order valence-electron chi connectivity index (χ3n) is 2.34. The monoisotopic (exact) mass is 245 g/mol. The molecule has 0 spiro atoms. The first-order valence-electron chi connectivity index (χ1n) is 4.64. The van der Waals surface area contributed by atoms with E-state index in [1.165, 1.54) is 17.8 Å². The molecule has 0 saturated carbocycles. The lowest BCUT2D eigenvalue weighted by atomic mass is 10.2. The second-order valence-electron chi connectivity index (χ2n) is 3.41. The Morgan fingerprint density at radius 1 is 1.44 bits per heavy atom. The summed E-state index contributed by atoms with van der Waals surface area (Å²) < 4.78 is 26.8. The van der Waals surface area contributed by atoms with Gasteiger partial charge in [0.25, 0.3) is 0 Å². The molecule has 2 N–H and O–H groups in total. The SMILES string of the molecule is O=C(O)C1CSC(c2c(F)cccc2F)N1. The van der Waals surface area contributed by atoms with E-state index in [0.29, 0.717) is 5.75 Å². The van der Waals surface area contributed by atoms with Gasteiger partial charge in [-0.2, -0.15) is 0 Å². The van der Waals surface area contributed by atoms with Gasteiger partial charge in [0.1, 0.15) is 17.7 Å². The summed E-state index contributed by atoms with van der Waals surface area (Å²) in [6.45, 7) is 0. The fourth-order valence-corrected chi connectivity index (χ4v) is 2.82. The standard InChI is InChI=1S/C10H9F2NO2S/c11-5-2-1-3-6(12)8(5)9-13-7(4-16-9)10(14)15/h1-3,7,9,13H,4H2,(H,14,15). The van der Waals surface area contributed by atoms with E-state index in [-0.39, 0.29) is 5.56 Å². The minimum absolute atomic E-state index is 0.101. The Labute approximate surface area is 94.8 Å². The van der Waals surface area contributed by atoms with E-state index in [1.807, 2.05) is 0 Å². The average Bonchev–Trinajstić information content (AvgIpc) is 2.66. The largest absolute Gasteiger partial charge is 0.480 e. The zero-order chi connectivity index (χ0) is 11.7. The molecular formula is C10H9F2NO2S. The highest BCUT2D eigenvalue weighted by molar-refractivity contribution is 7.99. The first-order valence-corrected chi connectivity index (χ1v) is 5.69. The molecule has 0 aromatic heterocycles. The molecule has 3 nitrogen and oxygen atoms in total. The van der Waals surface area contributed by atoms with Crippen LogP contribution < -0.4 is 5.32 Å². The lowest BCUT2D eigenvalue weighted by Crippen LogP contribution is -2.34. The topological polar surface area (TPSA) is 49.3 Å². The maximum Gasteiger partial charge on any atom is 0.321 e. The molecule has 1 saturated heterocycles. The summed E-state index contributed by atoms with van der Waals surface area (Å²) in [5.41, 5.74) is -0.101. The van der Waals surface area contributed by atoms with Gasteiger partial charge in [0, 0.05) is 5.75 Å². The second-order valence-corrected chi connectivity index (χ2v) is 4.54. The van der Waals surface area contributed by atoms with E-state index in [0.717, 1.165) is 12.1 Å². The highest BCUT2D eigenvalue weighted by Crippen LogP contribution is 2.35. The van der Waals surface area contributed by atoms with Gasteiger partial charge in [-0.25, -0.2) is 8.78 Å². The third-order valence-corrected chi connectivity index (χ3v) is 3.57. The molecule has 2 unspecified atom stereocenters. The van der Waals surface area contributed by atoms with E-state index in [1.54, 1.807) is 0 Å². The number of nitrogens with one attached hydrogen (secondary N) is 1. The van der Waals surface area contributed by atoms with Gasteiger partial charge in [0.05, 0.1) is 10.9 Å². The molecule has 1 aliphatic heterocycles. The number of rotatable bonds is 2. The summed E-state index contributed by atoms with van der Waals surface area (Å²) in [7, 11) is 0. The fraction of sp³-hybridized carbons (Fsp3) is 0.300. The molecule has 1 heterocycles. The van der Waals surface area contributed by atoms with Crippen molar-refractivity contribution in [2.45, 2.75) is 11.4 Å². The number of carboxylic acid groups (broad SMARTS) is 1. The maximum atomic E-state index is 13.4. The van der Waals surface area contributed by atoms with Crippen molar-refractivity contribution in [1.29, 1.82) is 0 Å². The Hall–Kier alpha value is -1.14. The molecule has 0 bridgehead atoms. The van der Waals surface area contributed by atoms with Crippen molar-refractivity contribution >= 4 is 17.7 Å². The molecule has 0 radical (unpaired) electrons. The number of hydrogen-bond donors (Lipinski definition) is 2. The number of hydrogen-bond acceptors (Lipinski definition) is 3. The Bertz CT molecular complexity index is 407. The van der Waals surface area contributed by atoms with Crippen LogP contribution in [-0.2, 0) is 4.79 Å². The van der Waals surface area contributed by atoms with Crippen LogP contribution in [0.25, 0.3) is 0 Å². The van der Waals surface area contributed by atoms with Crippen LogP contribution in [0.2, 0.25) is 0 Å². The quantitative estimate of drug-likeness (QED) is 0.833. The summed E-state index contributed by atoms with van der Waals surface area (Å²) in [6.07, 6.45) is 0. The molecule has 1 aliphatic rings. The predicted molar refractivity (Wildman–Crippen MR) is 56.1 cm³/mol.